The molecular weight excluding hydrogens is 352 g/mol. The van der Waals surface area contributed by atoms with Crippen molar-refractivity contribution in [2.45, 2.75) is 19.3 Å². The summed E-state index contributed by atoms with van der Waals surface area (Å²) in [6.45, 7) is 0.904. The summed E-state index contributed by atoms with van der Waals surface area (Å²) in [6, 6.07) is 27.0. The van der Waals surface area contributed by atoms with E-state index in [1.807, 2.05) is 89.5 Å². The maximum atomic E-state index is 10.5. The molecule has 0 unspecified atom stereocenters. The van der Waals surface area contributed by atoms with Crippen molar-refractivity contribution in [3.05, 3.63) is 90.8 Å². The first-order valence-electron chi connectivity index (χ1n) is 9.27. The van der Waals surface area contributed by atoms with Gasteiger partial charge in [-0.1, -0.05) is 48.5 Å². The molecule has 5 heteroatoms. The van der Waals surface area contributed by atoms with Crippen LogP contribution in [0.2, 0.25) is 0 Å². The predicted molar refractivity (Wildman–Crippen MR) is 108 cm³/mol. The molecule has 0 saturated carbocycles. The van der Waals surface area contributed by atoms with Crippen LogP contribution >= 0.6 is 0 Å². The fourth-order valence-corrected chi connectivity index (χ4v) is 3.08. The van der Waals surface area contributed by atoms with Crippen molar-refractivity contribution < 1.29 is 14.6 Å². The van der Waals surface area contributed by atoms with Gasteiger partial charge < -0.3 is 19.1 Å². The molecule has 142 valence electrons. The number of fused-ring (bicyclic) bond motifs is 1. The summed E-state index contributed by atoms with van der Waals surface area (Å²) in [4.78, 5) is 4.69. The van der Waals surface area contributed by atoms with Gasteiger partial charge in [0.2, 0.25) is 0 Å². The van der Waals surface area contributed by atoms with Gasteiger partial charge in [0.05, 0.1) is 17.6 Å². The van der Waals surface area contributed by atoms with Crippen LogP contribution < -0.4 is 9.47 Å². The molecule has 4 aromatic rings. The molecule has 1 aromatic heterocycles. The van der Waals surface area contributed by atoms with Gasteiger partial charge in [-0.3, -0.25) is 0 Å². The molecule has 5 nitrogen and oxygen atoms in total. The molecule has 1 heterocycles. The zero-order chi connectivity index (χ0) is 19.2. The van der Waals surface area contributed by atoms with Gasteiger partial charge in [-0.25, -0.2) is 4.98 Å². The second-order valence-corrected chi connectivity index (χ2v) is 6.51. The normalized spacial score (nSPS) is 12.0. The molecule has 0 aliphatic rings. The number of aromatic nitrogens is 2. The van der Waals surface area contributed by atoms with Gasteiger partial charge >= 0.3 is 0 Å². The number of aliphatic hydroxyl groups excluding tert-OH is 1. The third-order valence-corrected chi connectivity index (χ3v) is 4.42. The van der Waals surface area contributed by atoms with Crippen LogP contribution in [0, 0.1) is 0 Å². The average molecular weight is 374 g/mol. The van der Waals surface area contributed by atoms with Crippen LogP contribution in [-0.4, -0.2) is 27.4 Å². The summed E-state index contributed by atoms with van der Waals surface area (Å²) >= 11 is 0. The Labute approximate surface area is 163 Å². The summed E-state index contributed by atoms with van der Waals surface area (Å²) in [7, 11) is 0. The highest BCUT2D eigenvalue weighted by molar-refractivity contribution is 5.75. The highest BCUT2D eigenvalue weighted by Crippen LogP contribution is 2.19. The Balaban J connectivity index is 1.49. The molecule has 0 radical (unpaired) electrons. The van der Waals surface area contributed by atoms with Crippen LogP contribution in [0.1, 0.15) is 5.82 Å². The topological polar surface area (TPSA) is 56.5 Å². The number of rotatable bonds is 8. The van der Waals surface area contributed by atoms with E-state index in [2.05, 4.69) is 4.98 Å². The maximum absolute atomic E-state index is 10.5. The lowest BCUT2D eigenvalue weighted by Gasteiger charge is -2.16. The lowest BCUT2D eigenvalue weighted by atomic mass is 10.3. The van der Waals surface area contributed by atoms with E-state index in [1.165, 1.54) is 0 Å². The molecule has 0 amide bonds. The molecule has 0 fully saturated rings. The standard InChI is InChI=1S/C23H22N2O3/c26-18(16-27-19-9-3-1-4-10-19)15-25-22-14-8-7-13-21(22)24-23(25)17-28-20-11-5-2-6-12-20/h1-14,18,26H,15-17H2/t18-/m0/s1. The minimum atomic E-state index is -0.673. The van der Waals surface area contributed by atoms with Gasteiger partial charge in [0.15, 0.2) is 0 Å². The third-order valence-electron chi connectivity index (χ3n) is 4.42. The second-order valence-electron chi connectivity index (χ2n) is 6.51. The fourth-order valence-electron chi connectivity index (χ4n) is 3.08. The fraction of sp³-hybridized carbons (Fsp3) is 0.174. The monoisotopic (exact) mass is 374 g/mol. The molecule has 1 N–H and O–H groups in total. The summed E-state index contributed by atoms with van der Waals surface area (Å²) in [5.74, 6) is 2.29. The minimum absolute atomic E-state index is 0.204. The molecule has 0 aliphatic carbocycles. The van der Waals surface area contributed by atoms with Crippen LogP contribution in [0.15, 0.2) is 84.9 Å². The van der Waals surface area contributed by atoms with E-state index in [9.17, 15) is 5.11 Å². The van der Waals surface area contributed by atoms with Crippen molar-refractivity contribution in [1.82, 2.24) is 9.55 Å². The van der Waals surface area contributed by atoms with Crippen LogP contribution in [0.25, 0.3) is 11.0 Å². The number of benzene rings is 3. The van der Waals surface area contributed by atoms with Gasteiger partial charge in [-0.05, 0) is 36.4 Å². The average Bonchev–Trinajstić information content (AvgIpc) is 3.10. The predicted octanol–water partition coefficient (Wildman–Crippen LogP) is 4.06. The summed E-state index contributed by atoms with van der Waals surface area (Å²) in [5, 5.41) is 10.5. The SMILES string of the molecule is O[C@H](COc1ccccc1)Cn1c(COc2ccccc2)nc2ccccc21. The molecule has 0 spiro atoms. The van der Waals surface area contributed by atoms with E-state index in [4.69, 9.17) is 9.47 Å². The van der Waals surface area contributed by atoms with E-state index in [0.717, 1.165) is 28.4 Å². The molecule has 4 rings (SSSR count). The highest BCUT2D eigenvalue weighted by atomic mass is 16.5. The van der Waals surface area contributed by atoms with Crippen molar-refractivity contribution in [1.29, 1.82) is 0 Å². The minimum Gasteiger partial charge on any atom is -0.491 e. The summed E-state index contributed by atoms with van der Waals surface area (Å²) < 4.78 is 13.6. The quantitative estimate of drug-likeness (QED) is 0.505. The van der Waals surface area contributed by atoms with Gasteiger partial charge in [-0.2, -0.15) is 0 Å². The lowest BCUT2D eigenvalue weighted by Crippen LogP contribution is -2.25. The number of imidazole rings is 1. The maximum Gasteiger partial charge on any atom is 0.148 e. The third kappa shape index (κ3) is 4.32. The van der Waals surface area contributed by atoms with Crippen LogP contribution in [0.3, 0.4) is 0 Å². The van der Waals surface area contributed by atoms with Crippen LogP contribution in [0.4, 0.5) is 0 Å². The van der Waals surface area contributed by atoms with Gasteiger partial charge in [-0.15, -0.1) is 0 Å². The molecule has 28 heavy (non-hydrogen) atoms. The molecule has 1 atom stereocenters. The van der Waals surface area contributed by atoms with Crippen molar-refractivity contribution in [3.8, 4) is 11.5 Å². The second kappa shape index (κ2) is 8.59. The number of hydrogen-bond acceptors (Lipinski definition) is 4. The Kier molecular flexibility index (Phi) is 5.54. The molecule has 0 aliphatic heterocycles. The van der Waals surface area contributed by atoms with Crippen molar-refractivity contribution in [3.63, 3.8) is 0 Å². The number of aliphatic hydroxyl groups is 1. The number of nitrogens with zero attached hydrogens (tertiary/aromatic N) is 2. The van der Waals surface area contributed by atoms with Gasteiger partial charge in [0.1, 0.15) is 36.6 Å². The van der Waals surface area contributed by atoms with Crippen LogP contribution in [-0.2, 0) is 13.2 Å². The molecule has 3 aromatic carbocycles. The number of hydrogen-bond donors (Lipinski definition) is 1. The zero-order valence-electron chi connectivity index (χ0n) is 15.4. The molecule has 0 saturated heterocycles. The Morgan fingerprint density at radius 3 is 2.11 bits per heavy atom. The summed E-state index contributed by atoms with van der Waals surface area (Å²) in [6.07, 6.45) is -0.673. The van der Waals surface area contributed by atoms with E-state index in [1.54, 1.807) is 0 Å². The van der Waals surface area contributed by atoms with Crippen molar-refractivity contribution in [2.24, 2.45) is 0 Å². The highest BCUT2D eigenvalue weighted by Gasteiger charge is 2.15. The van der Waals surface area contributed by atoms with E-state index in [0.29, 0.717) is 13.2 Å². The molecular formula is C23H22N2O3. The van der Waals surface area contributed by atoms with E-state index < -0.39 is 6.10 Å². The Bertz CT molecular complexity index is 1020. The Morgan fingerprint density at radius 2 is 1.39 bits per heavy atom. The Hall–Kier alpha value is -3.31. The molecule has 0 bridgehead atoms. The summed E-state index contributed by atoms with van der Waals surface area (Å²) in [5.41, 5.74) is 1.85. The van der Waals surface area contributed by atoms with Gasteiger partial charge in [0.25, 0.3) is 0 Å². The van der Waals surface area contributed by atoms with Crippen molar-refractivity contribution in [2.75, 3.05) is 6.61 Å². The van der Waals surface area contributed by atoms with E-state index in [-0.39, 0.29) is 6.61 Å². The first-order valence-corrected chi connectivity index (χ1v) is 9.27. The lowest BCUT2D eigenvalue weighted by molar-refractivity contribution is 0.0917. The smallest absolute Gasteiger partial charge is 0.148 e. The number of ether oxygens (including phenoxy) is 2. The van der Waals surface area contributed by atoms with E-state index >= 15 is 0 Å². The van der Waals surface area contributed by atoms with Gasteiger partial charge in [0, 0.05) is 0 Å². The first-order chi connectivity index (χ1) is 13.8. The first kappa shape index (κ1) is 18.1. The van der Waals surface area contributed by atoms with Crippen molar-refractivity contribution >= 4 is 11.0 Å². The zero-order valence-corrected chi connectivity index (χ0v) is 15.4. The Morgan fingerprint density at radius 1 is 0.786 bits per heavy atom. The number of para-hydroxylation sites is 4. The van der Waals surface area contributed by atoms with Crippen LogP contribution in [0.5, 0.6) is 11.5 Å². The largest absolute Gasteiger partial charge is 0.491 e.